The number of rotatable bonds is 5. The molecule has 2 aromatic rings. The first-order chi connectivity index (χ1) is 7.90. The summed E-state index contributed by atoms with van der Waals surface area (Å²) in [5, 5.41) is 3.33. The van der Waals surface area contributed by atoms with Crippen molar-refractivity contribution in [3.8, 4) is 0 Å². The molecule has 0 bridgehead atoms. The average Bonchev–Trinajstić information content (AvgIpc) is 2.81. The van der Waals surface area contributed by atoms with E-state index in [9.17, 15) is 0 Å². The Morgan fingerprint density at radius 1 is 1.38 bits per heavy atom. The van der Waals surface area contributed by atoms with E-state index in [1.165, 1.54) is 0 Å². The van der Waals surface area contributed by atoms with Gasteiger partial charge in [-0.2, -0.15) is 0 Å². The zero-order valence-corrected chi connectivity index (χ0v) is 9.23. The number of nitrogens with one attached hydrogen (secondary N) is 2. The fourth-order valence-electron chi connectivity index (χ4n) is 1.55. The van der Waals surface area contributed by atoms with Crippen LogP contribution in [0.3, 0.4) is 0 Å². The second kappa shape index (κ2) is 5.32. The Morgan fingerprint density at radius 2 is 2.25 bits per heavy atom. The Kier molecular flexibility index (Phi) is 3.56. The van der Waals surface area contributed by atoms with Crippen LogP contribution >= 0.6 is 0 Å². The van der Waals surface area contributed by atoms with Gasteiger partial charge in [0.05, 0.1) is 13.2 Å². The Labute approximate surface area is 94.7 Å². The van der Waals surface area contributed by atoms with Gasteiger partial charge >= 0.3 is 0 Å². The summed E-state index contributed by atoms with van der Waals surface area (Å²) in [6.07, 6.45) is 3.57. The maximum absolute atomic E-state index is 5.14. The Balaban J connectivity index is 2.03. The molecule has 2 N–H and O–H groups in total. The lowest BCUT2D eigenvalue weighted by atomic mass is 10.2. The third-order valence-corrected chi connectivity index (χ3v) is 2.32. The van der Waals surface area contributed by atoms with E-state index in [2.05, 4.69) is 15.3 Å². The molecular formula is C12H15N3O. The highest BCUT2D eigenvalue weighted by Crippen LogP contribution is 2.16. The van der Waals surface area contributed by atoms with Crippen LogP contribution in [0.15, 0.2) is 36.7 Å². The van der Waals surface area contributed by atoms with E-state index < -0.39 is 0 Å². The highest BCUT2D eigenvalue weighted by molar-refractivity contribution is 5.50. The summed E-state index contributed by atoms with van der Waals surface area (Å²) in [6, 6.07) is 8.10. The molecule has 1 aromatic carbocycles. The Morgan fingerprint density at radius 3 is 3.00 bits per heavy atom. The van der Waals surface area contributed by atoms with Crippen LogP contribution in [0.2, 0.25) is 0 Å². The first-order valence-corrected chi connectivity index (χ1v) is 5.19. The van der Waals surface area contributed by atoms with Gasteiger partial charge in [-0.3, -0.25) is 0 Å². The van der Waals surface area contributed by atoms with Crippen molar-refractivity contribution in [3.05, 3.63) is 48.0 Å². The molecule has 0 fully saturated rings. The summed E-state index contributed by atoms with van der Waals surface area (Å²) in [5.41, 5.74) is 2.23. The van der Waals surface area contributed by atoms with E-state index in [-0.39, 0.29) is 0 Å². The number of aromatic nitrogens is 2. The van der Waals surface area contributed by atoms with E-state index in [0.717, 1.165) is 17.1 Å². The molecule has 0 unspecified atom stereocenters. The van der Waals surface area contributed by atoms with Crippen LogP contribution < -0.4 is 5.32 Å². The fraction of sp³-hybridized carbons (Fsp3) is 0.250. The molecule has 0 radical (unpaired) electrons. The van der Waals surface area contributed by atoms with Gasteiger partial charge in [-0.15, -0.1) is 0 Å². The van der Waals surface area contributed by atoms with E-state index in [0.29, 0.717) is 13.2 Å². The van der Waals surface area contributed by atoms with Gasteiger partial charge in [-0.25, -0.2) is 4.98 Å². The molecule has 4 heteroatoms. The minimum absolute atomic E-state index is 0.612. The number of para-hydroxylation sites is 1. The largest absolute Gasteiger partial charge is 0.380 e. The number of nitrogens with zero attached hydrogens (tertiary/aromatic N) is 1. The fourth-order valence-corrected chi connectivity index (χ4v) is 1.55. The van der Waals surface area contributed by atoms with Crippen LogP contribution in [0.1, 0.15) is 11.4 Å². The van der Waals surface area contributed by atoms with Gasteiger partial charge in [0.1, 0.15) is 5.82 Å². The van der Waals surface area contributed by atoms with E-state index in [4.69, 9.17) is 4.74 Å². The minimum Gasteiger partial charge on any atom is -0.380 e. The number of hydrogen-bond donors (Lipinski definition) is 2. The lowest BCUT2D eigenvalue weighted by Crippen LogP contribution is -2.04. The number of imidazole rings is 1. The molecule has 0 aliphatic carbocycles. The Hall–Kier alpha value is -1.81. The smallest absolute Gasteiger partial charge is 0.125 e. The molecule has 0 amide bonds. The maximum Gasteiger partial charge on any atom is 0.125 e. The number of benzene rings is 1. The number of aromatic amines is 1. The number of anilines is 1. The van der Waals surface area contributed by atoms with Crippen molar-refractivity contribution >= 4 is 5.69 Å². The minimum atomic E-state index is 0.612. The number of ether oxygens (including phenoxy) is 1. The molecule has 1 aromatic heterocycles. The zero-order chi connectivity index (χ0) is 11.2. The highest BCUT2D eigenvalue weighted by atomic mass is 16.5. The van der Waals surface area contributed by atoms with Gasteiger partial charge < -0.3 is 15.0 Å². The van der Waals surface area contributed by atoms with Crippen LogP contribution in [-0.2, 0) is 17.9 Å². The van der Waals surface area contributed by atoms with Crippen LogP contribution in [0, 0.1) is 0 Å². The zero-order valence-electron chi connectivity index (χ0n) is 9.23. The van der Waals surface area contributed by atoms with Crippen molar-refractivity contribution in [1.29, 1.82) is 0 Å². The summed E-state index contributed by atoms with van der Waals surface area (Å²) < 4.78 is 5.14. The Bertz CT molecular complexity index is 426. The number of H-pyrrole nitrogens is 1. The predicted octanol–water partition coefficient (Wildman–Crippen LogP) is 2.17. The molecule has 16 heavy (non-hydrogen) atoms. The molecule has 4 nitrogen and oxygen atoms in total. The summed E-state index contributed by atoms with van der Waals surface area (Å²) in [4.78, 5) is 7.21. The number of methoxy groups -OCH3 is 1. The molecule has 0 aliphatic rings. The van der Waals surface area contributed by atoms with Crippen molar-refractivity contribution in [2.75, 3.05) is 12.4 Å². The van der Waals surface area contributed by atoms with Gasteiger partial charge in [0.2, 0.25) is 0 Å². The third-order valence-electron chi connectivity index (χ3n) is 2.32. The van der Waals surface area contributed by atoms with Crippen LogP contribution in [-0.4, -0.2) is 17.1 Å². The van der Waals surface area contributed by atoms with Gasteiger partial charge in [0.15, 0.2) is 0 Å². The second-order valence-electron chi connectivity index (χ2n) is 3.48. The van der Waals surface area contributed by atoms with Crippen molar-refractivity contribution < 1.29 is 4.74 Å². The van der Waals surface area contributed by atoms with Crippen molar-refractivity contribution in [2.24, 2.45) is 0 Å². The summed E-state index contributed by atoms with van der Waals surface area (Å²) in [7, 11) is 1.70. The monoisotopic (exact) mass is 217 g/mol. The summed E-state index contributed by atoms with van der Waals surface area (Å²) >= 11 is 0. The first-order valence-electron chi connectivity index (χ1n) is 5.19. The van der Waals surface area contributed by atoms with Gasteiger partial charge in [-0.05, 0) is 6.07 Å². The van der Waals surface area contributed by atoms with Gasteiger partial charge in [0, 0.05) is 30.8 Å². The molecule has 2 rings (SSSR count). The summed E-state index contributed by atoms with van der Waals surface area (Å²) in [5.74, 6) is 0.923. The molecule has 0 saturated carbocycles. The van der Waals surface area contributed by atoms with Gasteiger partial charge in [0.25, 0.3) is 0 Å². The van der Waals surface area contributed by atoms with Crippen molar-refractivity contribution in [3.63, 3.8) is 0 Å². The number of hydrogen-bond acceptors (Lipinski definition) is 3. The topological polar surface area (TPSA) is 49.9 Å². The predicted molar refractivity (Wildman–Crippen MR) is 63.1 cm³/mol. The standard InChI is InChI=1S/C12H15N3O/c1-16-9-10-4-2-3-5-11(10)15-8-12-13-6-7-14-12/h2-7,15H,8-9H2,1H3,(H,13,14). The van der Waals surface area contributed by atoms with Crippen LogP contribution in [0.5, 0.6) is 0 Å². The molecule has 0 saturated heterocycles. The van der Waals surface area contributed by atoms with Crippen molar-refractivity contribution in [1.82, 2.24) is 9.97 Å². The van der Waals surface area contributed by atoms with E-state index in [1.54, 1.807) is 13.3 Å². The molecule has 0 spiro atoms. The second-order valence-corrected chi connectivity index (χ2v) is 3.48. The quantitative estimate of drug-likeness (QED) is 0.807. The lowest BCUT2D eigenvalue weighted by Gasteiger charge is -2.10. The molecule has 84 valence electrons. The van der Waals surface area contributed by atoms with Crippen LogP contribution in [0.25, 0.3) is 0 Å². The lowest BCUT2D eigenvalue weighted by molar-refractivity contribution is 0.185. The normalized spacial score (nSPS) is 10.3. The molecular weight excluding hydrogens is 202 g/mol. The molecule has 0 atom stereocenters. The molecule has 1 heterocycles. The summed E-state index contributed by atoms with van der Waals surface area (Å²) in [6.45, 7) is 1.30. The van der Waals surface area contributed by atoms with Gasteiger partial charge in [-0.1, -0.05) is 18.2 Å². The van der Waals surface area contributed by atoms with Crippen molar-refractivity contribution in [2.45, 2.75) is 13.2 Å². The average molecular weight is 217 g/mol. The van der Waals surface area contributed by atoms with Crippen LogP contribution in [0.4, 0.5) is 5.69 Å². The molecule has 0 aliphatic heterocycles. The SMILES string of the molecule is COCc1ccccc1NCc1ncc[nH]1. The van der Waals surface area contributed by atoms with E-state index >= 15 is 0 Å². The first kappa shape index (κ1) is 10.7. The highest BCUT2D eigenvalue weighted by Gasteiger charge is 2.01. The van der Waals surface area contributed by atoms with E-state index in [1.807, 2.05) is 30.5 Å². The third kappa shape index (κ3) is 2.61. The maximum atomic E-state index is 5.14.